The number of hydrogen-bond donors (Lipinski definition) is 1. The molecule has 1 aliphatic rings. The van der Waals surface area contributed by atoms with Crippen LogP contribution in [-0.2, 0) is 11.8 Å². The average molecular weight is 360 g/mol. The van der Waals surface area contributed by atoms with Crippen LogP contribution in [0, 0.1) is 5.92 Å². The molecule has 0 saturated heterocycles. The van der Waals surface area contributed by atoms with Gasteiger partial charge in [-0.2, -0.15) is 0 Å². The van der Waals surface area contributed by atoms with E-state index in [1.165, 1.54) is 6.42 Å². The van der Waals surface area contributed by atoms with Gasteiger partial charge in [-0.1, -0.05) is 61.7 Å². The molecule has 0 unspecified atom stereocenters. The van der Waals surface area contributed by atoms with Crippen LogP contribution in [0.2, 0.25) is 0 Å². The summed E-state index contributed by atoms with van der Waals surface area (Å²) in [6.45, 7) is 0. The lowest BCUT2D eigenvalue weighted by molar-refractivity contribution is -0.120. The van der Waals surface area contributed by atoms with Gasteiger partial charge in [-0.05, 0) is 30.5 Å². The van der Waals surface area contributed by atoms with Crippen LogP contribution in [0.15, 0.2) is 59.4 Å². The molecule has 4 nitrogen and oxygen atoms in total. The molecule has 4 heteroatoms. The Labute approximate surface area is 158 Å². The molecule has 1 N–H and O–H groups in total. The fourth-order valence-corrected chi connectivity index (χ4v) is 4.09. The highest BCUT2D eigenvalue weighted by molar-refractivity contribution is 5.99. The Balaban J connectivity index is 1.88. The molecule has 0 bridgehead atoms. The van der Waals surface area contributed by atoms with Crippen molar-refractivity contribution in [1.82, 2.24) is 4.57 Å². The molecule has 1 aromatic heterocycles. The summed E-state index contributed by atoms with van der Waals surface area (Å²) < 4.78 is 1.93. The van der Waals surface area contributed by atoms with E-state index in [4.69, 9.17) is 0 Å². The lowest BCUT2D eigenvalue weighted by atomic mass is 9.88. The third-order valence-corrected chi connectivity index (χ3v) is 5.59. The second-order valence-corrected chi connectivity index (χ2v) is 7.32. The van der Waals surface area contributed by atoms with Gasteiger partial charge in [0.15, 0.2) is 5.43 Å². The second-order valence-electron chi connectivity index (χ2n) is 7.32. The molecular formula is C23H24N2O2. The van der Waals surface area contributed by atoms with E-state index in [-0.39, 0.29) is 17.3 Å². The average Bonchev–Trinajstić information content (AvgIpc) is 2.73. The molecule has 3 aromatic rings. The highest BCUT2D eigenvalue weighted by atomic mass is 16.2. The fourth-order valence-electron chi connectivity index (χ4n) is 4.09. The molecule has 0 radical (unpaired) electrons. The number of aryl methyl sites for hydroxylation is 1. The minimum absolute atomic E-state index is 0.0252. The minimum Gasteiger partial charge on any atom is -0.330 e. The van der Waals surface area contributed by atoms with Crippen molar-refractivity contribution in [2.45, 2.75) is 32.1 Å². The summed E-state index contributed by atoms with van der Waals surface area (Å²) in [4.78, 5) is 26.2. The van der Waals surface area contributed by atoms with E-state index in [1.807, 2.05) is 66.2 Å². The summed E-state index contributed by atoms with van der Waals surface area (Å²) in [7, 11) is 1.91. The number of anilines is 1. The van der Waals surface area contributed by atoms with Crippen molar-refractivity contribution in [1.29, 1.82) is 0 Å². The lowest BCUT2D eigenvalue weighted by Crippen LogP contribution is -2.28. The molecule has 1 fully saturated rings. The predicted molar refractivity (Wildman–Crippen MR) is 110 cm³/mol. The van der Waals surface area contributed by atoms with Crippen LogP contribution in [0.5, 0.6) is 0 Å². The van der Waals surface area contributed by atoms with E-state index in [2.05, 4.69) is 5.32 Å². The van der Waals surface area contributed by atoms with Crippen molar-refractivity contribution in [2.24, 2.45) is 13.0 Å². The van der Waals surface area contributed by atoms with E-state index in [9.17, 15) is 9.59 Å². The van der Waals surface area contributed by atoms with E-state index in [1.54, 1.807) is 0 Å². The summed E-state index contributed by atoms with van der Waals surface area (Å²) in [5.74, 6) is 0.640. The van der Waals surface area contributed by atoms with E-state index in [0.29, 0.717) is 16.8 Å². The van der Waals surface area contributed by atoms with Gasteiger partial charge in [-0.25, -0.2) is 0 Å². The van der Waals surface area contributed by atoms with Gasteiger partial charge in [0.1, 0.15) is 5.82 Å². The number of fused-ring (bicyclic) bond motifs is 1. The molecule has 0 atom stereocenters. The maximum atomic E-state index is 13.3. The molecule has 4 rings (SSSR count). The second kappa shape index (κ2) is 7.39. The van der Waals surface area contributed by atoms with E-state index in [0.717, 1.165) is 36.8 Å². The van der Waals surface area contributed by atoms with Gasteiger partial charge in [0, 0.05) is 18.4 Å². The zero-order valence-corrected chi connectivity index (χ0v) is 15.6. The van der Waals surface area contributed by atoms with Crippen LogP contribution in [0.4, 0.5) is 5.82 Å². The maximum Gasteiger partial charge on any atom is 0.228 e. The molecule has 0 spiro atoms. The van der Waals surface area contributed by atoms with Crippen molar-refractivity contribution >= 4 is 22.6 Å². The summed E-state index contributed by atoms with van der Waals surface area (Å²) in [5.41, 5.74) is 2.15. The number of carbonyl (C=O) groups excluding carboxylic acids is 1. The highest BCUT2D eigenvalue weighted by Gasteiger charge is 2.24. The standard InChI is InChI=1S/C23H24N2O2/c1-25-19-15-9-8-14-18(19)21(26)20(16-10-4-2-5-11-16)22(25)24-23(27)17-12-6-3-7-13-17/h2,4-5,8-11,14-15,17H,3,6-7,12-13H2,1H3,(H,24,27). The van der Waals surface area contributed by atoms with E-state index >= 15 is 0 Å². The number of hydrogen-bond acceptors (Lipinski definition) is 2. The van der Waals surface area contributed by atoms with Crippen molar-refractivity contribution in [3.8, 4) is 11.1 Å². The third kappa shape index (κ3) is 3.27. The number of benzene rings is 2. The molecule has 0 aliphatic heterocycles. The van der Waals surface area contributed by atoms with Crippen molar-refractivity contribution in [3.05, 3.63) is 64.8 Å². The fraction of sp³-hybridized carbons (Fsp3) is 0.304. The Kier molecular flexibility index (Phi) is 4.80. The number of para-hydroxylation sites is 1. The molecule has 1 saturated carbocycles. The summed E-state index contributed by atoms with van der Waals surface area (Å²) in [6, 6.07) is 17.1. The highest BCUT2D eigenvalue weighted by Crippen LogP contribution is 2.30. The molecule has 2 aromatic carbocycles. The predicted octanol–water partition coefficient (Wildman–Crippen LogP) is 4.72. The van der Waals surface area contributed by atoms with Gasteiger partial charge in [-0.3, -0.25) is 9.59 Å². The number of pyridine rings is 1. The quantitative estimate of drug-likeness (QED) is 0.734. The smallest absolute Gasteiger partial charge is 0.228 e. The van der Waals surface area contributed by atoms with Crippen LogP contribution in [0.25, 0.3) is 22.0 Å². The molecular weight excluding hydrogens is 336 g/mol. The number of rotatable bonds is 3. The Morgan fingerprint density at radius 1 is 0.963 bits per heavy atom. The topological polar surface area (TPSA) is 51.1 Å². The first-order chi connectivity index (χ1) is 13.2. The molecule has 1 amide bonds. The molecule has 27 heavy (non-hydrogen) atoms. The van der Waals surface area contributed by atoms with Crippen LogP contribution < -0.4 is 10.7 Å². The van der Waals surface area contributed by atoms with Gasteiger partial charge in [0.2, 0.25) is 5.91 Å². The zero-order valence-electron chi connectivity index (χ0n) is 15.6. The van der Waals surface area contributed by atoms with Crippen molar-refractivity contribution in [2.75, 3.05) is 5.32 Å². The number of carbonyl (C=O) groups is 1. The van der Waals surface area contributed by atoms with Gasteiger partial charge < -0.3 is 9.88 Å². The first-order valence-corrected chi connectivity index (χ1v) is 9.65. The number of nitrogens with one attached hydrogen (secondary N) is 1. The normalized spacial score (nSPS) is 15.0. The lowest BCUT2D eigenvalue weighted by Gasteiger charge is -2.23. The first kappa shape index (κ1) is 17.5. The van der Waals surface area contributed by atoms with Gasteiger partial charge in [0.05, 0.1) is 11.1 Å². The summed E-state index contributed by atoms with van der Waals surface area (Å²) >= 11 is 0. The number of aromatic nitrogens is 1. The first-order valence-electron chi connectivity index (χ1n) is 9.65. The number of nitrogens with zero attached hydrogens (tertiary/aromatic N) is 1. The third-order valence-electron chi connectivity index (χ3n) is 5.59. The van der Waals surface area contributed by atoms with Crippen LogP contribution in [0.1, 0.15) is 32.1 Å². The molecule has 1 aliphatic carbocycles. The Morgan fingerprint density at radius 3 is 2.37 bits per heavy atom. The van der Waals surface area contributed by atoms with Crippen LogP contribution in [-0.4, -0.2) is 10.5 Å². The van der Waals surface area contributed by atoms with Crippen molar-refractivity contribution < 1.29 is 4.79 Å². The van der Waals surface area contributed by atoms with Crippen LogP contribution >= 0.6 is 0 Å². The monoisotopic (exact) mass is 360 g/mol. The summed E-state index contributed by atoms with van der Waals surface area (Å²) in [5, 5.41) is 3.77. The SMILES string of the molecule is Cn1c(NC(=O)C2CCCCC2)c(-c2ccccc2)c(=O)c2ccccc21. The van der Waals surface area contributed by atoms with Crippen molar-refractivity contribution in [3.63, 3.8) is 0 Å². The largest absolute Gasteiger partial charge is 0.330 e. The van der Waals surface area contributed by atoms with Crippen LogP contribution in [0.3, 0.4) is 0 Å². The van der Waals surface area contributed by atoms with E-state index < -0.39 is 0 Å². The van der Waals surface area contributed by atoms with Gasteiger partial charge in [-0.15, -0.1) is 0 Å². The Hall–Kier alpha value is -2.88. The minimum atomic E-state index is -0.0474. The van der Waals surface area contributed by atoms with Gasteiger partial charge in [0.25, 0.3) is 0 Å². The summed E-state index contributed by atoms with van der Waals surface area (Å²) in [6.07, 6.45) is 5.25. The van der Waals surface area contributed by atoms with Gasteiger partial charge >= 0.3 is 0 Å². The molecule has 138 valence electrons. The Morgan fingerprint density at radius 2 is 1.63 bits per heavy atom. The maximum absolute atomic E-state index is 13.3. The Bertz CT molecular complexity index is 1030. The molecule has 1 heterocycles. The zero-order chi connectivity index (χ0) is 18.8. The number of amides is 1.